The van der Waals surface area contributed by atoms with E-state index in [0.717, 1.165) is 19.4 Å². The zero-order valence-electron chi connectivity index (χ0n) is 18.6. The Morgan fingerprint density at radius 1 is 1.07 bits per heavy atom. The van der Waals surface area contributed by atoms with Crippen LogP contribution in [0.2, 0.25) is 0 Å². The predicted molar refractivity (Wildman–Crippen MR) is 117 cm³/mol. The molecule has 0 heterocycles. The van der Waals surface area contributed by atoms with Crippen molar-refractivity contribution in [1.29, 1.82) is 0 Å². The maximum atomic E-state index is 12.4. The summed E-state index contributed by atoms with van der Waals surface area (Å²) < 4.78 is 11.1. The number of benzene rings is 1. The van der Waals surface area contributed by atoms with Crippen LogP contribution in [0.4, 0.5) is 0 Å². The van der Waals surface area contributed by atoms with Crippen molar-refractivity contribution in [3.63, 3.8) is 0 Å². The molecule has 0 spiro atoms. The molecule has 7 heteroatoms. The van der Waals surface area contributed by atoms with Crippen molar-refractivity contribution in [1.82, 2.24) is 5.32 Å². The molecule has 0 aliphatic carbocycles. The number of unbranched alkanes of at least 4 members (excludes halogenated alkanes) is 1. The van der Waals surface area contributed by atoms with E-state index in [4.69, 9.17) is 9.47 Å². The summed E-state index contributed by atoms with van der Waals surface area (Å²) >= 11 is 0. The highest BCUT2D eigenvalue weighted by molar-refractivity contribution is 5.85. The van der Waals surface area contributed by atoms with E-state index in [2.05, 4.69) is 12.2 Å². The zero-order chi connectivity index (χ0) is 21.5. The molecule has 0 fully saturated rings. The fourth-order valence-corrected chi connectivity index (χ4v) is 2.13. The van der Waals surface area contributed by atoms with Crippen molar-refractivity contribution < 1.29 is 24.2 Å². The first kappa shape index (κ1) is 27.2. The number of carbonyl (C=O) groups excluding carboxylic acids is 2. The number of ether oxygens (including phenoxy) is 2. The smallest absolute Gasteiger partial charge is 0.316 e. The van der Waals surface area contributed by atoms with Crippen molar-refractivity contribution in [3.05, 3.63) is 23.8 Å². The Morgan fingerprint density at radius 3 is 2.17 bits per heavy atom. The van der Waals surface area contributed by atoms with Crippen LogP contribution in [0.15, 0.2) is 18.2 Å². The van der Waals surface area contributed by atoms with Gasteiger partial charge >= 0.3 is 11.9 Å². The third kappa shape index (κ3) is 9.05. The second kappa shape index (κ2) is 11.4. The van der Waals surface area contributed by atoms with Gasteiger partial charge in [-0.15, -0.1) is 12.4 Å². The minimum Gasteiger partial charge on any atom is -0.504 e. The second-order valence-corrected chi connectivity index (χ2v) is 9.07. The molecule has 0 aliphatic rings. The number of aromatic hydroxyl groups is 1. The van der Waals surface area contributed by atoms with E-state index in [9.17, 15) is 14.7 Å². The molecule has 29 heavy (non-hydrogen) atoms. The first-order chi connectivity index (χ1) is 12.9. The Hall–Kier alpha value is -1.79. The van der Waals surface area contributed by atoms with Crippen molar-refractivity contribution in [2.24, 2.45) is 10.8 Å². The maximum Gasteiger partial charge on any atom is 0.316 e. The second-order valence-electron chi connectivity index (χ2n) is 9.07. The van der Waals surface area contributed by atoms with E-state index in [-0.39, 0.29) is 29.9 Å². The minimum absolute atomic E-state index is 0. The van der Waals surface area contributed by atoms with Gasteiger partial charge in [0.1, 0.15) is 6.10 Å². The van der Waals surface area contributed by atoms with Crippen molar-refractivity contribution in [3.8, 4) is 11.5 Å². The number of phenolic OH excluding ortho intramolecular Hbond substituents is 1. The van der Waals surface area contributed by atoms with Gasteiger partial charge in [0.2, 0.25) is 0 Å². The van der Waals surface area contributed by atoms with Gasteiger partial charge in [-0.2, -0.15) is 0 Å². The number of halogens is 1. The summed E-state index contributed by atoms with van der Waals surface area (Å²) in [5, 5.41) is 13.4. The molecule has 0 aromatic heterocycles. The molecule has 2 N–H and O–H groups in total. The molecule has 1 aromatic carbocycles. The minimum atomic E-state index is -0.706. The standard InChI is InChI=1S/C22H35NO5.ClH/c1-8-9-12-23-14-18(28-20(26)22(5,6)7)15-10-11-16(24)17(13-15)27-19(25)21(2,3)4;/h10-11,13,18,23-24H,8-9,12,14H2,1-7H3;1H/t18-;/m1./s1. The summed E-state index contributed by atoms with van der Waals surface area (Å²) in [6.45, 7) is 13.9. The Morgan fingerprint density at radius 2 is 1.66 bits per heavy atom. The number of hydrogen-bond donors (Lipinski definition) is 2. The molecule has 166 valence electrons. The summed E-state index contributed by atoms with van der Waals surface area (Å²) in [4.78, 5) is 24.6. The zero-order valence-corrected chi connectivity index (χ0v) is 19.4. The van der Waals surface area contributed by atoms with Crippen LogP contribution in [-0.2, 0) is 14.3 Å². The third-order valence-corrected chi connectivity index (χ3v) is 4.07. The van der Waals surface area contributed by atoms with Crippen LogP contribution in [0.5, 0.6) is 11.5 Å². The quantitative estimate of drug-likeness (QED) is 0.351. The summed E-state index contributed by atoms with van der Waals surface area (Å²) in [6.07, 6.45) is 1.52. The molecule has 1 aromatic rings. The van der Waals surface area contributed by atoms with E-state index < -0.39 is 22.9 Å². The lowest BCUT2D eigenvalue weighted by Crippen LogP contribution is -2.30. The predicted octanol–water partition coefficient (Wildman–Crippen LogP) is 4.79. The number of carbonyl (C=O) groups is 2. The molecule has 6 nitrogen and oxygen atoms in total. The lowest BCUT2D eigenvalue weighted by molar-refractivity contribution is -0.159. The Balaban J connectivity index is 0.00000784. The monoisotopic (exact) mass is 429 g/mol. The van der Waals surface area contributed by atoms with Gasteiger partial charge in [-0.3, -0.25) is 9.59 Å². The number of nitrogens with one attached hydrogen (secondary N) is 1. The molecule has 0 unspecified atom stereocenters. The largest absolute Gasteiger partial charge is 0.504 e. The van der Waals surface area contributed by atoms with Crippen LogP contribution >= 0.6 is 12.4 Å². The van der Waals surface area contributed by atoms with Gasteiger partial charge in [0, 0.05) is 6.54 Å². The Bertz CT molecular complexity index is 677. The normalized spacial score (nSPS) is 12.7. The summed E-state index contributed by atoms with van der Waals surface area (Å²) in [5.41, 5.74) is -0.696. The summed E-state index contributed by atoms with van der Waals surface area (Å²) in [6, 6.07) is 4.68. The van der Waals surface area contributed by atoms with Gasteiger partial charge in [-0.25, -0.2) is 0 Å². The molecular formula is C22H36ClNO5. The van der Waals surface area contributed by atoms with E-state index in [1.165, 1.54) is 6.07 Å². The topological polar surface area (TPSA) is 84.9 Å². The third-order valence-electron chi connectivity index (χ3n) is 4.07. The van der Waals surface area contributed by atoms with Crippen molar-refractivity contribution in [2.75, 3.05) is 13.1 Å². The van der Waals surface area contributed by atoms with Gasteiger partial charge in [0.25, 0.3) is 0 Å². The van der Waals surface area contributed by atoms with E-state index in [0.29, 0.717) is 12.1 Å². The van der Waals surface area contributed by atoms with Crippen LogP contribution in [0.1, 0.15) is 73.0 Å². The Labute approximate surface area is 180 Å². The number of phenols is 1. The molecule has 0 saturated heterocycles. The SMILES string of the molecule is CCCCNC[C@@H](OC(=O)C(C)(C)C)c1ccc(O)c(OC(=O)C(C)(C)C)c1.Cl. The van der Waals surface area contributed by atoms with Gasteiger partial charge < -0.3 is 19.9 Å². The Kier molecular flexibility index (Phi) is 10.7. The molecule has 0 amide bonds. The molecule has 0 aliphatic heterocycles. The summed E-state index contributed by atoms with van der Waals surface area (Å²) in [5.74, 6) is -0.857. The highest BCUT2D eigenvalue weighted by Gasteiger charge is 2.28. The first-order valence-corrected chi connectivity index (χ1v) is 9.83. The fourth-order valence-electron chi connectivity index (χ4n) is 2.13. The van der Waals surface area contributed by atoms with Crippen LogP contribution in [0.3, 0.4) is 0 Å². The van der Waals surface area contributed by atoms with Crippen molar-refractivity contribution in [2.45, 2.75) is 67.4 Å². The van der Waals surface area contributed by atoms with Gasteiger partial charge in [0.05, 0.1) is 10.8 Å². The van der Waals surface area contributed by atoms with Crippen LogP contribution in [-0.4, -0.2) is 30.1 Å². The molecular weight excluding hydrogens is 394 g/mol. The summed E-state index contributed by atoms with van der Waals surface area (Å²) in [7, 11) is 0. The molecule has 1 rings (SSSR count). The molecule has 1 atom stereocenters. The average Bonchev–Trinajstić information content (AvgIpc) is 2.57. The lowest BCUT2D eigenvalue weighted by atomic mass is 9.97. The highest BCUT2D eigenvalue weighted by atomic mass is 35.5. The first-order valence-electron chi connectivity index (χ1n) is 9.83. The van der Waals surface area contributed by atoms with Gasteiger partial charge in [0.15, 0.2) is 11.5 Å². The number of rotatable bonds is 8. The van der Waals surface area contributed by atoms with Crippen LogP contribution in [0, 0.1) is 10.8 Å². The van der Waals surface area contributed by atoms with Crippen LogP contribution < -0.4 is 10.1 Å². The van der Waals surface area contributed by atoms with Crippen LogP contribution in [0.25, 0.3) is 0 Å². The van der Waals surface area contributed by atoms with Crippen molar-refractivity contribution >= 4 is 24.3 Å². The lowest BCUT2D eigenvalue weighted by Gasteiger charge is -2.25. The van der Waals surface area contributed by atoms with E-state index >= 15 is 0 Å². The average molecular weight is 430 g/mol. The molecule has 0 radical (unpaired) electrons. The molecule has 0 saturated carbocycles. The van der Waals surface area contributed by atoms with E-state index in [1.54, 1.807) is 53.7 Å². The fraction of sp³-hybridized carbons (Fsp3) is 0.636. The van der Waals surface area contributed by atoms with E-state index in [1.807, 2.05) is 0 Å². The van der Waals surface area contributed by atoms with Gasteiger partial charge in [-0.05, 0) is 72.2 Å². The van der Waals surface area contributed by atoms with Gasteiger partial charge in [-0.1, -0.05) is 19.4 Å². The number of hydrogen-bond acceptors (Lipinski definition) is 6. The molecule has 0 bridgehead atoms. The maximum absolute atomic E-state index is 12.4. The number of esters is 2. The highest BCUT2D eigenvalue weighted by Crippen LogP contribution is 2.33.